The zero-order chi connectivity index (χ0) is 11.1. The predicted molar refractivity (Wildman–Crippen MR) is 67.4 cm³/mol. The Morgan fingerprint density at radius 3 is 3.13 bits per heavy atom. The van der Waals surface area contributed by atoms with Crippen LogP contribution in [0.2, 0.25) is 0 Å². The lowest BCUT2D eigenvalue weighted by Crippen LogP contribution is -2.43. The van der Waals surface area contributed by atoms with Gasteiger partial charge in [-0.05, 0) is 18.8 Å². The maximum atomic E-state index is 5.51. The van der Waals surface area contributed by atoms with Gasteiger partial charge in [0.15, 0.2) is 5.17 Å². The summed E-state index contributed by atoms with van der Waals surface area (Å²) < 4.78 is 5.51. The summed E-state index contributed by atoms with van der Waals surface area (Å²) in [5, 5.41) is 2.93. The quantitative estimate of drug-likeness (QED) is 0.547. The Hall–Kier alpha value is -0.480. The molecule has 0 amide bonds. The summed E-state index contributed by atoms with van der Waals surface area (Å²) in [4.78, 5) is 6.86. The summed E-state index contributed by atoms with van der Waals surface area (Å²) in [7, 11) is 0. The topological polar surface area (TPSA) is 24.8 Å². The maximum Gasteiger partial charge on any atom is 0.163 e. The van der Waals surface area contributed by atoms with Crippen LogP contribution >= 0.6 is 11.8 Å². The van der Waals surface area contributed by atoms with E-state index in [0.29, 0.717) is 6.10 Å². The molecular weight excluding hydrogens is 208 g/mol. The van der Waals surface area contributed by atoms with Crippen LogP contribution < -0.4 is 0 Å². The molecule has 0 spiro atoms. The molecule has 0 aromatic carbocycles. The molecule has 1 unspecified atom stereocenters. The summed E-state index contributed by atoms with van der Waals surface area (Å²) >= 11 is 1.61. The van der Waals surface area contributed by atoms with E-state index in [1.165, 1.54) is 0 Å². The van der Waals surface area contributed by atoms with E-state index in [9.17, 15) is 0 Å². The monoisotopic (exact) mass is 228 g/mol. The number of nitrogens with zero attached hydrogens (tertiary/aromatic N) is 2. The first-order chi connectivity index (χ1) is 7.27. The van der Waals surface area contributed by atoms with Crippen molar-refractivity contribution in [2.45, 2.75) is 26.4 Å². The number of hydrogen-bond acceptors (Lipinski definition) is 3. The fraction of sp³-hybridized carbons (Fsp3) is 0.727. The summed E-state index contributed by atoms with van der Waals surface area (Å²) in [6, 6.07) is 0. The lowest BCUT2D eigenvalue weighted by atomic mass is 10.3. The van der Waals surface area contributed by atoms with Crippen molar-refractivity contribution in [3.8, 4) is 0 Å². The average molecular weight is 228 g/mol. The molecule has 0 aliphatic carbocycles. The first-order valence-electron chi connectivity index (χ1n) is 5.46. The normalized spacial score (nSPS) is 22.9. The summed E-state index contributed by atoms with van der Waals surface area (Å²) in [5.41, 5.74) is 0. The van der Waals surface area contributed by atoms with Crippen molar-refractivity contribution in [2.24, 2.45) is 4.99 Å². The van der Waals surface area contributed by atoms with E-state index >= 15 is 0 Å². The minimum absolute atomic E-state index is 0.302. The molecule has 4 heteroatoms. The zero-order valence-corrected chi connectivity index (χ0v) is 10.4. The number of hydrogen-bond donors (Lipinski definition) is 0. The number of aliphatic imine (C=N–C) groups is 1. The smallest absolute Gasteiger partial charge is 0.163 e. The molecule has 0 aromatic heterocycles. The van der Waals surface area contributed by atoms with E-state index in [4.69, 9.17) is 4.74 Å². The number of rotatable bonds is 3. The van der Waals surface area contributed by atoms with Crippen molar-refractivity contribution in [2.75, 3.05) is 26.2 Å². The van der Waals surface area contributed by atoms with Crippen LogP contribution in [0.15, 0.2) is 17.0 Å². The van der Waals surface area contributed by atoms with Gasteiger partial charge in [0, 0.05) is 19.6 Å². The van der Waals surface area contributed by atoms with E-state index in [1.54, 1.807) is 11.8 Å². The van der Waals surface area contributed by atoms with Gasteiger partial charge in [-0.3, -0.25) is 4.99 Å². The van der Waals surface area contributed by atoms with Gasteiger partial charge in [0.1, 0.15) is 0 Å². The van der Waals surface area contributed by atoms with Crippen molar-refractivity contribution in [1.82, 2.24) is 4.90 Å². The summed E-state index contributed by atoms with van der Waals surface area (Å²) in [5.74, 6) is 0. The third-order valence-corrected chi connectivity index (χ3v) is 2.94. The van der Waals surface area contributed by atoms with Gasteiger partial charge in [-0.1, -0.05) is 25.3 Å². The average Bonchev–Trinajstić information content (AvgIpc) is 2.24. The highest BCUT2D eigenvalue weighted by molar-refractivity contribution is 8.16. The molecular formula is C11H20N2OS. The minimum Gasteiger partial charge on any atom is -0.375 e. The molecule has 0 radical (unpaired) electrons. The van der Waals surface area contributed by atoms with Gasteiger partial charge in [-0.2, -0.15) is 0 Å². The molecule has 1 aliphatic rings. The standard InChI is InChI=1S/C11H20N2OS/c1-4-6-12-11(15-5-2)13-7-8-14-10(3)9-13/h5,10H,2,4,6-9H2,1,3H3. The first-order valence-corrected chi connectivity index (χ1v) is 6.34. The first kappa shape index (κ1) is 12.6. The van der Waals surface area contributed by atoms with E-state index in [0.717, 1.165) is 37.8 Å². The fourth-order valence-electron chi connectivity index (χ4n) is 1.49. The van der Waals surface area contributed by atoms with E-state index in [-0.39, 0.29) is 0 Å². The Labute approximate surface area is 96.6 Å². The Kier molecular flexibility index (Phi) is 5.79. The highest BCUT2D eigenvalue weighted by Crippen LogP contribution is 2.14. The SMILES string of the molecule is C=CSC(=NCCC)N1CCOC(C)C1. The Morgan fingerprint density at radius 2 is 2.53 bits per heavy atom. The third kappa shape index (κ3) is 4.26. The minimum atomic E-state index is 0.302. The van der Waals surface area contributed by atoms with Crippen molar-refractivity contribution in [3.05, 3.63) is 12.0 Å². The molecule has 1 rings (SSSR count). The van der Waals surface area contributed by atoms with Crippen molar-refractivity contribution in [3.63, 3.8) is 0 Å². The summed E-state index contributed by atoms with van der Waals surface area (Å²) in [6.07, 6.45) is 1.39. The van der Waals surface area contributed by atoms with E-state index < -0.39 is 0 Å². The predicted octanol–water partition coefficient (Wildman–Crippen LogP) is 2.35. The van der Waals surface area contributed by atoms with Crippen molar-refractivity contribution >= 4 is 16.9 Å². The molecule has 1 fully saturated rings. The molecule has 15 heavy (non-hydrogen) atoms. The number of amidine groups is 1. The fourth-order valence-corrected chi connectivity index (χ4v) is 2.12. The van der Waals surface area contributed by atoms with Crippen LogP contribution in [0.5, 0.6) is 0 Å². The van der Waals surface area contributed by atoms with E-state index in [1.807, 2.05) is 5.41 Å². The van der Waals surface area contributed by atoms with Crippen LogP contribution in [0.25, 0.3) is 0 Å². The van der Waals surface area contributed by atoms with Crippen LogP contribution in [0.3, 0.4) is 0 Å². The molecule has 1 atom stereocenters. The largest absolute Gasteiger partial charge is 0.375 e. The van der Waals surface area contributed by atoms with Crippen LogP contribution in [0.4, 0.5) is 0 Å². The molecule has 86 valence electrons. The second-order valence-electron chi connectivity index (χ2n) is 3.58. The van der Waals surface area contributed by atoms with Gasteiger partial charge in [-0.15, -0.1) is 0 Å². The lowest BCUT2D eigenvalue weighted by molar-refractivity contribution is 0.00676. The van der Waals surface area contributed by atoms with Gasteiger partial charge in [-0.25, -0.2) is 0 Å². The van der Waals surface area contributed by atoms with Crippen LogP contribution in [-0.4, -0.2) is 42.4 Å². The molecule has 0 saturated carbocycles. The van der Waals surface area contributed by atoms with Gasteiger partial charge in [0.05, 0.1) is 12.7 Å². The molecule has 0 aromatic rings. The third-order valence-electron chi connectivity index (χ3n) is 2.17. The molecule has 1 aliphatic heterocycles. The van der Waals surface area contributed by atoms with Crippen molar-refractivity contribution < 1.29 is 4.74 Å². The van der Waals surface area contributed by atoms with Crippen LogP contribution in [0.1, 0.15) is 20.3 Å². The molecule has 0 N–H and O–H groups in total. The van der Waals surface area contributed by atoms with Crippen LogP contribution in [0, 0.1) is 0 Å². The maximum absolute atomic E-state index is 5.51. The second kappa shape index (κ2) is 6.90. The molecule has 3 nitrogen and oxygen atoms in total. The Bertz CT molecular complexity index is 231. The molecule has 1 heterocycles. The lowest BCUT2D eigenvalue weighted by Gasteiger charge is -2.32. The van der Waals surface area contributed by atoms with Crippen LogP contribution in [-0.2, 0) is 4.74 Å². The Morgan fingerprint density at radius 1 is 1.73 bits per heavy atom. The highest BCUT2D eigenvalue weighted by Gasteiger charge is 2.19. The van der Waals surface area contributed by atoms with Gasteiger partial charge in [0.2, 0.25) is 0 Å². The summed E-state index contributed by atoms with van der Waals surface area (Å²) in [6.45, 7) is 11.5. The zero-order valence-electron chi connectivity index (χ0n) is 9.61. The number of thioether (sulfide) groups is 1. The van der Waals surface area contributed by atoms with Gasteiger partial charge >= 0.3 is 0 Å². The molecule has 1 saturated heterocycles. The van der Waals surface area contributed by atoms with Gasteiger partial charge < -0.3 is 9.64 Å². The number of morpholine rings is 1. The second-order valence-corrected chi connectivity index (χ2v) is 4.51. The number of ether oxygens (including phenoxy) is 1. The Balaban J connectivity index is 2.57. The van der Waals surface area contributed by atoms with Crippen molar-refractivity contribution in [1.29, 1.82) is 0 Å². The highest BCUT2D eigenvalue weighted by atomic mass is 32.2. The van der Waals surface area contributed by atoms with E-state index in [2.05, 4.69) is 30.3 Å². The van der Waals surface area contributed by atoms with Gasteiger partial charge in [0.25, 0.3) is 0 Å². The molecule has 0 bridgehead atoms.